The Bertz CT molecular complexity index is 534. The lowest BCUT2D eigenvalue weighted by molar-refractivity contribution is 0.577. The molecule has 2 aromatic carbocycles. The minimum atomic E-state index is -0.556. The van der Waals surface area contributed by atoms with E-state index < -0.39 is 11.6 Å². The first-order valence-corrected chi connectivity index (χ1v) is 7.17. The van der Waals surface area contributed by atoms with Gasteiger partial charge in [-0.1, -0.05) is 28.1 Å². The molecule has 0 heterocycles. The summed E-state index contributed by atoms with van der Waals surface area (Å²) in [5.41, 5.74) is 1.67. The highest BCUT2D eigenvalue weighted by molar-refractivity contribution is 9.10. The van der Waals surface area contributed by atoms with Crippen LogP contribution in [0.4, 0.5) is 8.78 Å². The third-order valence-corrected chi connectivity index (χ3v) is 3.83. The predicted molar refractivity (Wildman–Crippen MR) is 77.7 cm³/mol. The molecule has 1 unspecified atom stereocenters. The molecule has 0 radical (unpaired) electrons. The summed E-state index contributed by atoms with van der Waals surface area (Å²) in [5.74, 6) is -0.672. The third kappa shape index (κ3) is 4.02. The second kappa shape index (κ2) is 6.49. The summed E-state index contributed by atoms with van der Waals surface area (Å²) in [7, 11) is 0. The molecule has 0 spiro atoms. The predicted octanol–water partition coefficient (Wildman–Crippen LogP) is 5.29. The molecule has 0 nitrogen and oxygen atoms in total. The van der Waals surface area contributed by atoms with Crippen LogP contribution in [0.1, 0.15) is 17.0 Å². The second-order valence-electron chi connectivity index (χ2n) is 4.38. The molecular formula is C15H12BrClF2. The monoisotopic (exact) mass is 344 g/mol. The molecule has 0 saturated heterocycles. The fourth-order valence-corrected chi connectivity index (χ4v) is 2.56. The van der Waals surface area contributed by atoms with Crippen molar-refractivity contribution in [2.75, 3.05) is 5.88 Å². The van der Waals surface area contributed by atoms with Gasteiger partial charge in [-0.05, 0) is 41.8 Å². The molecular weight excluding hydrogens is 334 g/mol. The average Bonchev–Trinajstić information content (AvgIpc) is 2.36. The van der Waals surface area contributed by atoms with Crippen molar-refractivity contribution < 1.29 is 8.78 Å². The van der Waals surface area contributed by atoms with Crippen molar-refractivity contribution in [3.63, 3.8) is 0 Å². The van der Waals surface area contributed by atoms with Crippen LogP contribution in [0.25, 0.3) is 0 Å². The van der Waals surface area contributed by atoms with Crippen molar-refractivity contribution in [2.45, 2.75) is 12.3 Å². The molecule has 2 rings (SSSR count). The maximum Gasteiger partial charge on any atom is 0.126 e. The summed E-state index contributed by atoms with van der Waals surface area (Å²) in [5, 5.41) is 0. The largest absolute Gasteiger partial charge is 0.207 e. The van der Waals surface area contributed by atoms with E-state index in [-0.39, 0.29) is 5.92 Å². The molecule has 0 aromatic heterocycles. The Labute approximate surface area is 124 Å². The first-order chi connectivity index (χ1) is 9.08. The first-order valence-electron chi connectivity index (χ1n) is 5.85. The van der Waals surface area contributed by atoms with Crippen molar-refractivity contribution in [2.24, 2.45) is 0 Å². The molecule has 0 bridgehead atoms. The number of halogens is 4. The van der Waals surface area contributed by atoms with E-state index in [4.69, 9.17) is 11.6 Å². The summed E-state index contributed by atoms with van der Waals surface area (Å²) >= 11 is 9.34. The van der Waals surface area contributed by atoms with Gasteiger partial charge in [0.1, 0.15) is 11.6 Å². The third-order valence-electron chi connectivity index (χ3n) is 2.93. The molecule has 0 aliphatic carbocycles. The van der Waals surface area contributed by atoms with E-state index in [1.165, 1.54) is 12.1 Å². The topological polar surface area (TPSA) is 0 Å². The van der Waals surface area contributed by atoms with Crippen molar-refractivity contribution >= 4 is 27.5 Å². The van der Waals surface area contributed by atoms with Gasteiger partial charge in [0.25, 0.3) is 0 Å². The molecule has 0 saturated carbocycles. The Balaban J connectivity index is 2.21. The number of alkyl halides is 1. The van der Waals surface area contributed by atoms with E-state index in [1.807, 2.05) is 24.3 Å². The van der Waals surface area contributed by atoms with Crippen LogP contribution in [0, 0.1) is 11.6 Å². The van der Waals surface area contributed by atoms with E-state index in [9.17, 15) is 8.78 Å². The Morgan fingerprint density at radius 3 is 2.11 bits per heavy atom. The number of benzene rings is 2. The van der Waals surface area contributed by atoms with E-state index in [1.54, 1.807) is 0 Å². The number of hydrogen-bond acceptors (Lipinski definition) is 0. The summed E-state index contributed by atoms with van der Waals surface area (Å²) in [4.78, 5) is 0. The maximum absolute atomic E-state index is 13.2. The number of hydrogen-bond donors (Lipinski definition) is 0. The first kappa shape index (κ1) is 14.5. The van der Waals surface area contributed by atoms with E-state index in [0.717, 1.165) is 16.1 Å². The SMILES string of the molecule is Fc1cc(F)cc(CC(CCl)c2ccc(Br)cc2)c1. The highest BCUT2D eigenvalue weighted by Gasteiger charge is 2.12. The van der Waals surface area contributed by atoms with Crippen LogP contribution < -0.4 is 0 Å². The lowest BCUT2D eigenvalue weighted by atomic mass is 9.93. The normalized spacial score (nSPS) is 12.4. The minimum Gasteiger partial charge on any atom is -0.207 e. The van der Waals surface area contributed by atoms with Gasteiger partial charge in [-0.2, -0.15) is 0 Å². The highest BCUT2D eigenvalue weighted by Crippen LogP contribution is 2.24. The van der Waals surface area contributed by atoms with Crippen molar-refractivity contribution in [1.82, 2.24) is 0 Å². The van der Waals surface area contributed by atoms with Gasteiger partial charge in [0, 0.05) is 22.3 Å². The minimum absolute atomic E-state index is 0.0379. The van der Waals surface area contributed by atoms with Gasteiger partial charge in [-0.25, -0.2) is 8.78 Å². The average molecular weight is 346 g/mol. The summed E-state index contributed by atoms with van der Waals surface area (Å²) in [6.45, 7) is 0. The van der Waals surface area contributed by atoms with Gasteiger partial charge >= 0.3 is 0 Å². The zero-order chi connectivity index (χ0) is 13.8. The quantitative estimate of drug-likeness (QED) is 0.660. The van der Waals surface area contributed by atoms with Crippen molar-refractivity contribution in [3.8, 4) is 0 Å². The van der Waals surface area contributed by atoms with E-state index in [0.29, 0.717) is 17.9 Å². The maximum atomic E-state index is 13.2. The lowest BCUT2D eigenvalue weighted by Gasteiger charge is -2.14. The Morgan fingerprint density at radius 1 is 1.00 bits per heavy atom. The van der Waals surface area contributed by atoms with Gasteiger partial charge in [0.15, 0.2) is 0 Å². The van der Waals surface area contributed by atoms with Crippen LogP contribution in [0.3, 0.4) is 0 Å². The fraction of sp³-hybridized carbons (Fsp3) is 0.200. The number of rotatable bonds is 4. The van der Waals surface area contributed by atoms with E-state index in [2.05, 4.69) is 15.9 Å². The van der Waals surface area contributed by atoms with Gasteiger partial charge in [-0.3, -0.25) is 0 Å². The van der Waals surface area contributed by atoms with Gasteiger partial charge in [0.2, 0.25) is 0 Å². The van der Waals surface area contributed by atoms with Gasteiger partial charge in [-0.15, -0.1) is 11.6 Å². The summed E-state index contributed by atoms with van der Waals surface area (Å²) in [6.07, 6.45) is 0.514. The van der Waals surface area contributed by atoms with Crippen LogP contribution >= 0.6 is 27.5 Å². The molecule has 100 valence electrons. The lowest BCUT2D eigenvalue weighted by Crippen LogP contribution is -2.05. The highest BCUT2D eigenvalue weighted by atomic mass is 79.9. The van der Waals surface area contributed by atoms with Crippen molar-refractivity contribution in [1.29, 1.82) is 0 Å². The fourth-order valence-electron chi connectivity index (χ4n) is 2.01. The van der Waals surface area contributed by atoms with Gasteiger partial charge in [0.05, 0.1) is 0 Å². The summed E-state index contributed by atoms with van der Waals surface area (Å²) < 4.78 is 27.3. The molecule has 4 heteroatoms. The Kier molecular flexibility index (Phi) is 4.94. The van der Waals surface area contributed by atoms with E-state index >= 15 is 0 Å². The Hall–Kier alpha value is -0.930. The molecule has 0 N–H and O–H groups in total. The molecule has 0 aliphatic rings. The van der Waals surface area contributed by atoms with Crippen LogP contribution in [-0.4, -0.2) is 5.88 Å². The summed E-state index contributed by atoms with van der Waals surface area (Å²) in [6, 6.07) is 11.4. The molecule has 19 heavy (non-hydrogen) atoms. The van der Waals surface area contributed by atoms with Crippen LogP contribution in [0.2, 0.25) is 0 Å². The van der Waals surface area contributed by atoms with Crippen LogP contribution in [-0.2, 0) is 6.42 Å². The molecule has 0 fully saturated rings. The van der Waals surface area contributed by atoms with Gasteiger partial charge < -0.3 is 0 Å². The standard InChI is InChI=1S/C15H12BrClF2/c16-13-3-1-11(2-4-13)12(9-17)5-10-6-14(18)8-15(19)7-10/h1-4,6-8,12H,5,9H2. The van der Waals surface area contributed by atoms with Crippen LogP contribution in [0.5, 0.6) is 0 Å². The molecule has 1 atom stereocenters. The second-order valence-corrected chi connectivity index (χ2v) is 5.61. The van der Waals surface area contributed by atoms with Crippen molar-refractivity contribution in [3.05, 3.63) is 69.7 Å². The zero-order valence-electron chi connectivity index (χ0n) is 10.0. The zero-order valence-corrected chi connectivity index (χ0v) is 12.4. The molecule has 2 aromatic rings. The Morgan fingerprint density at radius 2 is 1.58 bits per heavy atom. The van der Waals surface area contributed by atoms with Crippen LogP contribution in [0.15, 0.2) is 46.9 Å². The molecule has 0 amide bonds. The molecule has 0 aliphatic heterocycles. The smallest absolute Gasteiger partial charge is 0.126 e.